The van der Waals surface area contributed by atoms with Gasteiger partial charge in [0.25, 0.3) is 11.6 Å². The van der Waals surface area contributed by atoms with E-state index in [4.69, 9.17) is 0 Å². The van der Waals surface area contributed by atoms with Crippen molar-refractivity contribution in [2.75, 3.05) is 18.4 Å². The third-order valence-corrected chi connectivity index (χ3v) is 5.81. The van der Waals surface area contributed by atoms with Gasteiger partial charge in [0, 0.05) is 42.5 Å². The molecule has 0 spiro atoms. The molecule has 1 aliphatic heterocycles. The quantitative estimate of drug-likeness (QED) is 0.460. The molecular weight excluding hydrogens is 438 g/mol. The van der Waals surface area contributed by atoms with Crippen LogP contribution in [0.3, 0.4) is 0 Å². The number of hydrogen-bond acceptors (Lipinski definition) is 6. The number of hydrogen-bond donors (Lipinski definition) is 1. The van der Waals surface area contributed by atoms with Crippen LogP contribution in [0.15, 0.2) is 65.5 Å². The van der Waals surface area contributed by atoms with E-state index in [0.29, 0.717) is 37.3 Å². The monoisotopic (exact) mass is 461 g/mol. The Morgan fingerprint density at radius 2 is 1.71 bits per heavy atom. The van der Waals surface area contributed by atoms with Gasteiger partial charge < -0.3 is 10.2 Å². The number of anilines is 1. The molecule has 0 unspecified atom stereocenters. The lowest BCUT2D eigenvalue weighted by atomic mass is 9.95. The first-order valence-corrected chi connectivity index (χ1v) is 10.8. The summed E-state index contributed by atoms with van der Waals surface area (Å²) in [5, 5.41) is 18.5. The third kappa shape index (κ3) is 4.70. The molecule has 10 heteroatoms. The first-order chi connectivity index (χ1) is 16.3. The molecule has 0 bridgehead atoms. The summed E-state index contributed by atoms with van der Waals surface area (Å²) in [6.45, 7) is 2.19. The Labute approximate surface area is 195 Å². The lowest BCUT2D eigenvalue weighted by molar-refractivity contribution is -0.384. The molecule has 0 atom stereocenters. The average molecular weight is 461 g/mol. The van der Waals surface area contributed by atoms with E-state index in [9.17, 15) is 24.5 Å². The van der Waals surface area contributed by atoms with Crippen molar-refractivity contribution in [2.24, 2.45) is 5.92 Å². The van der Waals surface area contributed by atoms with Crippen LogP contribution < -0.4 is 10.7 Å². The molecule has 174 valence electrons. The molecule has 10 nitrogen and oxygen atoms in total. The van der Waals surface area contributed by atoms with Gasteiger partial charge in [-0.25, -0.2) is 4.68 Å². The molecule has 1 fully saturated rings. The van der Waals surface area contributed by atoms with Crippen LogP contribution in [0.5, 0.6) is 0 Å². The largest absolute Gasteiger partial charge is 0.337 e. The molecule has 2 heterocycles. The van der Waals surface area contributed by atoms with Crippen LogP contribution in [0, 0.1) is 23.0 Å². The Morgan fingerprint density at radius 1 is 1.06 bits per heavy atom. The molecule has 1 N–H and O–H groups in total. The predicted molar refractivity (Wildman–Crippen MR) is 125 cm³/mol. The molecular formula is C24H23N5O5. The minimum Gasteiger partial charge on any atom is -0.337 e. The van der Waals surface area contributed by atoms with E-state index in [0.717, 1.165) is 0 Å². The number of para-hydroxylation sites is 3. The Balaban J connectivity index is 1.51. The van der Waals surface area contributed by atoms with Crippen molar-refractivity contribution in [3.8, 4) is 5.69 Å². The van der Waals surface area contributed by atoms with Gasteiger partial charge in [-0.3, -0.25) is 24.5 Å². The standard InChI is InChI=1S/C24H23N5O5/c1-16-15-21(30)22(26-28(16)19-9-5-6-10-20(19)29(33)34)24(32)27-13-11-17(12-14-27)23(31)25-18-7-3-2-4-8-18/h2-10,15,17H,11-14H2,1H3,(H,25,31). The lowest BCUT2D eigenvalue weighted by Crippen LogP contribution is -2.43. The van der Waals surface area contributed by atoms with Gasteiger partial charge in [0.1, 0.15) is 5.69 Å². The molecule has 0 radical (unpaired) electrons. The number of carbonyl (C=O) groups is 2. The van der Waals surface area contributed by atoms with Crippen LogP contribution >= 0.6 is 0 Å². The topological polar surface area (TPSA) is 127 Å². The van der Waals surface area contributed by atoms with Gasteiger partial charge in [-0.1, -0.05) is 30.3 Å². The number of aromatic nitrogens is 2. The number of nitro groups is 1. The molecule has 0 saturated carbocycles. The molecule has 1 saturated heterocycles. The van der Waals surface area contributed by atoms with Crippen LogP contribution in [-0.2, 0) is 4.79 Å². The Morgan fingerprint density at radius 3 is 2.38 bits per heavy atom. The zero-order valence-corrected chi connectivity index (χ0v) is 18.5. The summed E-state index contributed by atoms with van der Waals surface area (Å²) in [7, 11) is 0. The van der Waals surface area contributed by atoms with Gasteiger partial charge in [-0.2, -0.15) is 5.10 Å². The Bertz CT molecular complexity index is 1300. The van der Waals surface area contributed by atoms with E-state index in [2.05, 4.69) is 10.4 Å². The SMILES string of the molecule is Cc1cc(=O)c(C(=O)N2CCC(C(=O)Nc3ccccc3)CC2)nn1-c1ccccc1[N+](=O)[O-]. The number of carbonyl (C=O) groups excluding carboxylic acids is 2. The van der Waals surface area contributed by atoms with Crippen molar-refractivity contribution < 1.29 is 14.5 Å². The van der Waals surface area contributed by atoms with Gasteiger partial charge in [-0.05, 0) is 38.0 Å². The lowest BCUT2D eigenvalue weighted by Gasteiger charge is -2.31. The second-order valence-corrected chi connectivity index (χ2v) is 8.08. The van der Waals surface area contributed by atoms with Crippen molar-refractivity contribution in [1.29, 1.82) is 0 Å². The number of benzene rings is 2. The van der Waals surface area contributed by atoms with Crippen molar-refractivity contribution in [3.05, 3.63) is 92.4 Å². The fourth-order valence-electron chi connectivity index (χ4n) is 4.00. The first-order valence-electron chi connectivity index (χ1n) is 10.8. The van der Waals surface area contributed by atoms with E-state index < -0.39 is 16.3 Å². The van der Waals surface area contributed by atoms with E-state index in [1.54, 1.807) is 13.0 Å². The summed E-state index contributed by atoms with van der Waals surface area (Å²) in [4.78, 5) is 50.6. The zero-order chi connectivity index (χ0) is 24.2. The fraction of sp³-hybridized carbons (Fsp3) is 0.250. The highest BCUT2D eigenvalue weighted by molar-refractivity contribution is 5.94. The van der Waals surface area contributed by atoms with E-state index in [1.165, 1.54) is 33.8 Å². The van der Waals surface area contributed by atoms with Crippen molar-refractivity contribution >= 4 is 23.2 Å². The average Bonchev–Trinajstić information content (AvgIpc) is 2.84. The summed E-state index contributed by atoms with van der Waals surface area (Å²) in [5.74, 6) is -0.913. The highest BCUT2D eigenvalue weighted by atomic mass is 16.6. The Hall–Kier alpha value is -4.34. The number of rotatable bonds is 5. The fourth-order valence-corrected chi connectivity index (χ4v) is 4.00. The summed E-state index contributed by atoms with van der Waals surface area (Å²) in [5.41, 5.74) is 0.190. The van der Waals surface area contributed by atoms with Gasteiger partial charge in [0.05, 0.1) is 4.92 Å². The first kappa shape index (κ1) is 22.8. The van der Waals surface area contributed by atoms with E-state index in [-0.39, 0.29) is 28.9 Å². The summed E-state index contributed by atoms with van der Waals surface area (Å²) in [6, 6.07) is 16.4. The third-order valence-electron chi connectivity index (χ3n) is 5.81. The van der Waals surface area contributed by atoms with Crippen LogP contribution in [0.4, 0.5) is 11.4 Å². The van der Waals surface area contributed by atoms with Crippen molar-refractivity contribution in [2.45, 2.75) is 19.8 Å². The van der Waals surface area contributed by atoms with Crippen molar-refractivity contribution in [3.63, 3.8) is 0 Å². The van der Waals surface area contributed by atoms with Crippen LogP contribution in [0.1, 0.15) is 29.0 Å². The maximum atomic E-state index is 13.1. The molecule has 2 amide bonds. The number of nitrogens with zero attached hydrogens (tertiary/aromatic N) is 4. The second kappa shape index (κ2) is 9.65. The summed E-state index contributed by atoms with van der Waals surface area (Å²) < 4.78 is 1.24. The minimum atomic E-state index is -0.556. The van der Waals surface area contributed by atoms with Crippen LogP contribution in [0.2, 0.25) is 0 Å². The summed E-state index contributed by atoms with van der Waals surface area (Å²) >= 11 is 0. The Kier molecular flexibility index (Phi) is 6.48. The highest BCUT2D eigenvalue weighted by Crippen LogP contribution is 2.23. The zero-order valence-electron chi connectivity index (χ0n) is 18.5. The predicted octanol–water partition coefficient (Wildman–Crippen LogP) is 2.94. The van der Waals surface area contributed by atoms with Crippen LogP contribution in [0.25, 0.3) is 5.69 Å². The van der Waals surface area contributed by atoms with E-state index in [1.807, 2.05) is 30.3 Å². The molecule has 1 aromatic heterocycles. The number of aryl methyl sites for hydroxylation is 1. The van der Waals surface area contributed by atoms with E-state index >= 15 is 0 Å². The smallest absolute Gasteiger partial charge is 0.294 e. The number of nitrogens with one attached hydrogen (secondary N) is 1. The van der Waals surface area contributed by atoms with Gasteiger partial charge >= 0.3 is 0 Å². The highest BCUT2D eigenvalue weighted by Gasteiger charge is 2.30. The van der Waals surface area contributed by atoms with Crippen molar-refractivity contribution in [1.82, 2.24) is 14.7 Å². The molecule has 0 aliphatic carbocycles. The van der Waals surface area contributed by atoms with Gasteiger partial charge in [-0.15, -0.1) is 0 Å². The number of likely N-dealkylation sites (tertiary alicyclic amines) is 1. The maximum Gasteiger partial charge on any atom is 0.294 e. The maximum absolute atomic E-state index is 13.1. The van der Waals surface area contributed by atoms with Crippen LogP contribution in [-0.4, -0.2) is 44.5 Å². The molecule has 4 rings (SSSR count). The second-order valence-electron chi connectivity index (χ2n) is 8.08. The number of amides is 2. The summed E-state index contributed by atoms with van der Waals surface area (Å²) in [6.07, 6.45) is 0.906. The minimum absolute atomic E-state index is 0.106. The molecule has 34 heavy (non-hydrogen) atoms. The normalized spacial score (nSPS) is 14.0. The number of piperidine rings is 1. The van der Waals surface area contributed by atoms with Gasteiger partial charge in [0.2, 0.25) is 11.3 Å². The van der Waals surface area contributed by atoms with Gasteiger partial charge in [0.15, 0.2) is 5.69 Å². The molecule has 2 aromatic carbocycles. The molecule has 3 aromatic rings. The number of nitro benzene ring substituents is 1. The molecule has 1 aliphatic rings.